The van der Waals surface area contributed by atoms with Gasteiger partial charge >= 0.3 is 0 Å². The molecule has 1 aliphatic heterocycles. The zero-order valence-corrected chi connectivity index (χ0v) is 18.1. The van der Waals surface area contributed by atoms with Gasteiger partial charge < -0.3 is 19.7 Å². The Labute approximate surface area is 192 Å². The van der Waals surface area contributed by atoms with Crippen LogP contribution in [-0.4, -0.2) is 52.4 Å². The summed E-state index contributed by atoms with van der Waals surface area (Å²) in [6.45, 7) is 1.94. The molecule has 6 nitrogen and oxygen atoms in total. The molecule has 1 unspecified atom stereocenters. The smallest absolute Gasteiger partial charge is 0.193 e. The second kappa shape index (κ2) is 7.08. The number of hydrogen-bond donors (Lipinski definition) is 2. The van der Waals surface area contributed by atoms with Gasteiger partial charge in [0.15, 0.2) is 23.4 Å². The molecule has 0 radical (unpaired) electrons. The molecule has 0 bridgehead atoms. The number of allylic oxidation sites excluding steroid dienone is 4. The van der Waals surface area contributed by atoms with Crippen molar-refractivity contribution >= 4 is 11.6 Å². The molecule has 170 valence electrons. The highest BCUT2D eigenvalue weighted by atomic mass is 16.7. The van der Waals surface area contributed by atoms with Crippen molar-refractivity contribution in [3.63, 3.8) is 0 Å². The lowest BCUT2D eigenvalue weighted by molar-refractivity contribution is -0.200. The molecule has 5 aliphatic rings. The molecular weight excluding hydrogens is 396 g/mol. The number of Topliss-reactive ketones (excluding diaryl/α,β-unsaturated/α-hetero) is 1. The van der Waals surface area contributed by atoms with Crippen LogP contribution in [0.5, 0.6) is 0 Å². The van der Waals surface area contributed by atoms with E-state index in [2.05, 4.69) is 0 Å². The zero-order chi connectivity index (χ0) is 27.6. The first-order valence-electron chi connectivity index (χ1n) is 14.2. The predicted octanol–water partition coefficient (Wildman–Crippen LogP) is 2.72. The molecule has 4 fully saturated rings. The Hall–Kier alpha value is -1.34. The van der Waals surface area contributed by atoms with Crippen LogP contribution in [0, 0.1) is 28.6 Å². The summed E-state index contributed by atoms with van der Waals surface area (Å²) in [6, 6.07) is -0.400. The fraction of sp³-hybridized carbons (Fsp3) is 0.760. The summed E-state index contributed by atoms with van der Waals surface area (Å²) in [7, 11) is 0. The Kier molecular flexibility index (Phi) is 3.54. The Morgan fingerprint density at radius 2 is 2.26 bits per heavy atom. The van der Waals surface area contributed by atoms with E-state index in [0.29, 0.717) is 6.42 Å². The van der Waals surface area contributed by atoms with E-state index in [1.54, 1.807) is 19.9 Å². The van der Waals surface area contributed by atoms with E-state index in [-0.39, 0.29) is 31.3 Å². The lowest BCUT2D eigenvalue weighted by Gasteiger charge is -2.59. The van der Waals surface area contributed by atoms with E-state index in [1.165, 1.54) is 6.08 Å². The maximum Gasteiger partial charge on any atom is 0.193 e. The van der Waals surface area contributed by atoms with E-state index in [9.17, 15) is 19.8 Å². The normalized spacial score (nSPS) is 58.0. The monoisotopic (exact) mass is 436 g/mol. The molecule has 0 spiro atoms. The fourth-order valence-corrected chi connectivity index (χ4v) is 7.35. The third kappa shape index (κ3) is 2.65. The Morgan fingerprint density at radius 3 is 2.97 bits per heavy atom. The quantitative estimate of drug-likeness (QED) is 0.704. The summed E-state index contributed by atoms with van der Waals surface area (Å²) >= 11 is 0. The summed E-state index contributed by atoms with van der Waals surface area (Å²) in [5, 5.41) is 21.9. The first-order valence-corrected chi connectivity index (χ1v) is 11.2. The molecule has 1 saturated heterocycles. The van der Waals surface area contributed by atoms with E-state index in [1.807, 2.05) is 6.92 Å². The molecule has 0 aromatic heterocycles. The van der Waals surface area contributed by atoms with Crippen molar-refractivity contribution in [1.29, 1.82) is 0 Å². The third-order valence-corrected chi connectivity index (χ3v) is 8.63. The van der Waals surface area contributed by atoms with Gasteiger partial charge in [0.1, 0.15) is 6.56 Å². The summed E-state index contributed by atoms with van der Waals surface area (Å²) in [6.07, 6.45) is -2.75. The lowest BCUT2D eigenvalue weighted by atomic mass is 9.46. The molecule has 0 aromatic rings. The van der Waals surface area contributed by atoms with Crippen LogP contribution in [0.15, 0.2) is 23.8 Å². The Balaban J connectivity index is 1.66. The third-order valence-electron chi connectivity index (χ3n) is 8.63. The second-order valence-corrected chi connectivity index (χ2v) is 10.1. The Morgan fingerprint density at radius 1 is 1.48 bits per heavy atom. The number of aliphatic hydroxyl groups is 2. The topological polar surface area (TPSA) is 93.1 Å². The van der Waals surface area contributed by atoms with Crippen LogP contribution >= 0.6 is 0 Å². The highest BCUT2D eigenvalue weighted by molar-refractivity contribution is 6.01. The first kappa shape index (κ1) is 15.5. The van der Waals surface area contributed by atoms with Gasteiger partial charge in [0, 0.05) is 19.5 Å². The van der Waals surface area contributed by atoms with Gasteiger partial charge in [-0.1, -0.05) is 38.8 Å². The standard InChI is InChI=1S/C25H34O6/c1-4-5-21-30-20-11-17-16-7-6-14-10-15(27)8-9-23(14,2)22(16)18(28)12-24(17,3)25(20,31-21)19(29)13-26/h8-10,16-18,20-22,26,28H,4-7,11-13H2,1-3H3/t16-,17-,18-,20+,21?,22+,23-,24-,25+/m0/s1/i6D2,10D,13D2,21D. The van der Waals surface area contributed by atoms with Crippen LogP contribution < -0.4 is 0 Å². The number of carbonyl (C=O) groups excluding carboxylic acids is 2. The maximum absolute atomic E-state index is 13.6. The summed E-state index contributed by atoms with van der Waals surface area (Å²) < 4.78 is 62.6. The average Bonchev–Trinajstić information content (AvgIpc) is 3.16. The van der Waals surface area contributed by atoms with Crippen LogP contribution in [0.25, 0.3) is 0 Å². The van der Waals surface area contributed by atoms with E-state index in [0.717, 1.165) is 0 Å². The van der Waals surface area contributed by atoms with Gasteiger partial charge in [0.2, 0.25) is 0 Å². The van der Waals surface area contributed by atoms with Gasteiger partial charge in [-0.25, -0.2) is 0 Å². The van der Waals surface area contributed by atoms with Crippen LogP contribution in [0.2, 0.25) is 0 Å². The average molecular weight is 437 g/mol. The molecule has 5 rings (SSSR count). The van der Waals surface area contributed by atoms with Crippen molar-refractivity contribution in [2.75, 3.05) is 6.56 Å². The zero-order valence-electron chi connectivity index (χ0n) is 24.1. The Bertz CT molecular complexity index is 1120. The highest BCUT2D eigenvalue weighted by Crippen LogP contribution is 2.69. The summed E-state index contributed by atoms with van der Waals surface area (Å²) in [5.41, 5.74) is -4.41. The molecule has 0 amide bonds. The van der Waals surface area contributed by atoms with Gasteiger partial charge in [-0.05, 0) is 56.0 Å². The van der Waals surface area contributed by atoms with Gasteiger partial charge in [0.05, 0.1) is 17.7 Å². The largest absolute Gasteiger partial charge is 0.393 e. The minimum atomic E-state index is -3.28. The number of carbonyl (C=O) groups is 2. The summed E-state index contributed by atoms with van der Waals surface area (Å²) in [5.74, 6) is -3.45. The van der Waals surface area contributed by atoms with Crippen molar-refractivity contribution in [3.05, 3.63) is 23.8 Å². The minimum absolute atomic E-state index is 0.0488. The fourth-order valence-electron chi connectivity index (χ4n) is 7.35. The molecule has 4 aliphatic carbocycles. The first-order chi connectivity index (χ1) is 16.9. The van der Waals surface area contributed by atoms with Gasteiger partial charge in [-0.15, -0.1) is 0 Å². The van der Waals surface area contributed by atoms with Crippen molar-refractivity contribution in [2.24, 2.45) is 28.6 Å². The lowest BCUT2D eigenvalue weighted by Crippen LogP contribution is -2.63. The SMILES string of the molecule is [2H]C1=C2C([2H])([2H])C[C@@H]3[C@H]([C@@H](O)C[C@@]4(C)[C@H]3C[C@H]3OC([2H])(CCC)O[C@]34C(=O)C([2H])([2H])O)[C@@]2(C)C=CC1=O. The molecule has 6 heteroatoms. The molecule has 9 atom stereocenters. The molecule has 0 aromatic carbocycles. The van der Waals surface area contributed by atoms with Crippen LogP contribution in [0.1, 0.15) is 67.5 Å². The van der Waals surface area contributed by atoms with Gasteiger partial charge in [0.25, 0.3) is 0 Å². The van der Waals surface area contributed by atoms with Crippen LogP contribution in [0.3, 0.4) is 0 Å². The number of aliphatic hydroxyl groups excluding tert-OH is 1. The molecule has 3 saturated carbocycles. The van der Waals surface area contributed by atoms with Crippen LogP contribution in [-0.2, 0) is 19.1 Å². The number of fused-ring (bicyclic) bond motifs is 7. The highest BCUT2D eigenvalue weighted by Gasteiger charge is 2.75. The minimum Gasteiger partial charge on any atom is -0.393 e. The second-order valence-electron chi connectivity index (χ2n) is 10.1. The number of rotatable bonds is 4. The number of ether oxygens (including phenoxy) is 2. The van der Waals surface area contributed by atoms with E-state index >= 15 is 0 Å². The predicted molar refractivity (Wildman–Crippen MR) is 113 cm³/mol. The van der Waals surface area contributed by atoms with E-state index in [4.69, 9.17) is 17.7 Å². The van der Waals surface area contributed by atoms with Crippen LogP contribution in [0.4, 0.5) is 0 Å². The van der Waals surface area contributed by atoms with Gasteiger partial charge in [-0.2, -0.15) is 0 Å². The van der Waals surface area contributed by atoms with Crippen molar-refractivity contribution in [1.82, 2.24) is 0 Å². The van der Waals surface area contributed by atoms with Crippen molar-refractivity contribution < 1.29 is 37.5 Å². The molecule has 2 N–H and O–H groups in total. The molecule has 1 heterocycles. The number of ketones is 2. The van der Waals surface area contributed by atoms with Gasteiger partial charge in [-0.3, -0.25) is 9.59 Å². The van der Waals surface area contributed by atoms with Crippen molar-refractivity contribution in [3.8, 4) is 0 Å². The summed E-state index contributed by atoms with van der Waals surface area (Å²) in [4.78, 5) is 25.9. The molecular formula is C25H34O6. The van der Waals surface area contributed by atoms with E-state index < -0.39 is 83.2 Å². The number of hydrogen-bond acceptors (Lipinski definition) is 6. The maximum atomic E-state index is 13.6. The van der Waals surface area contributed by atoms with Crippen molar-refractivity contribution in [2.45, 2.75) is 83.3 Å². The molecule has 31 heavy (non-hydrogen) atoms.